The summed E-state index contributed by atoms with van der Waals surface area (Å²) in [5.74, 6) is 0. The number of rotatable bonds is 1. The number of hydrogen-bond donors (Lipinski definition) is 0. The standard InChI is InChI=1S/C7H7.3ClH.Ti/c1-7-5-3-2-4-6-7;;;;/h2-6H,1H2;3*1H;. The molecule has 0 saturated carbocycles. The first-order valence-corrected chi connectivity index (χ1v) is 3.72. The average molecular weight is 248 g/mol. The fourth-order valence-electron chi connectivity index (χ4n) is 0.596. The maximum atomic E-state index is 2.16. The van der Waals surface area contributed by atoms with Gasteiger partial charge in [-0.15, -0.1) is 37.2 Å². The van der Waals surface area contributed by atoms with Crippen molar-refractivity contribution in [2.45, 2.75) is 4.73 Å². The van der Waals surface area contributed by atoms with Gasteiger partial charge in [-0.1, -0.05) is 0 Å². The van der Waals surface area contributed by atoms with Crippen molar-refractivity contribution in [2.75, 3.05) is 0 Å². The fourth-order valence-corrected chi connectivity index (χ4v) is 0.964. The summed E-state index contributed by atoms with van der Waals surface area (Å²) in [6, 6.07) is 10.5. The molecule has 0 fully saturated rings. The van der Waals surface area contributed by atoms with Gasteiger partial charge in [0.1, 0.15) is 0 Å². The first-order valence-electron chi connectivity index (χ1n) is 2.62. The van der Waals surface area contributed by atoms with Crippen molar-refractivity contribution in [1.29, 1.82) is 0 Å². The number of hydrogen-bond acceptors (Lipinski definition) is 0. The first kappa shape index (κ1) is 17.8. The zero-order valence-corrected chi connectivity index (χ0v) is 9.83. The first-order chi connectivity index (χ1) is 3.93. The third-order valence-corrected chi connectivity index (χ3v) is 1.68. The Morgan fingerprint density at radius 2 is 1.36 bits per heavy atom. The number of halogens is 3. The SMILES string of the molecule is Cl.Cl.Cl.[Ti][CH2]c1ccccc1. The average Bonchev–Trinajstić information content (AvgIpc) is 1.90. The molecule has 1 aromatic carbocycles. The molecule has 0 bridgehead atoms. The van der Waals surface area contributed by atoms with Crippen LogP contribution in [-0.2, 0) is 25.2 Å². The van der Waals surface area contributed by atoms with Crippen molar-refractivity contribution in [3.63, 3.8) is 0 Å². The monoisotopic (exact) mass is 247 g/mol. The third-order valence-electron chi connectivity index (χ3n) is 1.05. The van der Waals surface area contributed by atoms with Crippen molar-refractivity contribution in [3.05, 3.63) is 35.9 Å². The van der Waals surface area contributed by atoms with E-state index < -0.39 is 0 Å². The molecular weight excluding hydrogens is 238 g/mol. The summed E-state index contributed by atoms with van der Waals surface area (Å²) in [6.45, 7) is 0. The Hall–Kier alpha value is 0.804. The van der Waals surface area contributed by atoms with E-state index in [0.717, 1.165) is 4.73 Å². The van der Waals surface area contributed by atoms with Crippen molar-refractivity contribution in [1.82, 2.24) is 0 Å². The van der Waals surface area contributed by atoms with E-state index in [1.165, 1.54) is 5.56 Å². The second kappa shape index (κ2) is 10.8. The van der Waals surface area contributed by atoms with Gasteiger partial charge in [-0.25, -0.2) is 0 Å². The van der Waals surface area contributed by atoms with E-state index in [0.29, 0.717) is 0 Å². The van der Waals surface area contributed by atoms with Gasteiger partial charge < -0.3 is 0 Å². The molecule has 0 N–H and O–H groups in total. The molecule has 4 heteroatoms. The topological polar surface area (TPSA) is 0 Å². The van der Waals surface area contributed by atoms with Crippen LogP contribution in [0.15, 0.2) is 30.3 Å². The van der Waals surface area contributed by atoms with Crippen LogP contribution in [0.2, 0.25) is 0 Å². The van der Waals surface area contributed by atoms with E-state index in [4.69, 9.17) is 0 Å². The summed E-state index contributed by atoms with van der Waals surface area (Å²) in [4.78, 5) is 0. The molecule has 0 aliphatic rings. The molecule has 0 aliphatic heterocycles. The summed E-state index contributed by atoms with van der Waals surface area (Å²) in [5.41, 5.74) is 1.41. The Kier molecular flexibility index (Phi) is 17.5. The van der Waals surface area contributed by atoms with Crippen LogP contribution in [0.5, 0.6) is 0 Å². The van der Waals surface area contributed by atoms with Crippen LogP contribution >= 0.6 is 37.2 Å². The fraction of sp³-hybridized carbons (Fsp3) is 0.143. The Bertz CT molecular complexity index is 155. The van der Waals surface area contributed by atoms with Crippen LogP contribution < -0.4 is 0 Å². The van der Waals surface area contributed by atoms with Crippen LogP contribution in [0.1, 0.15) is 5.56 Å². The Labute approximate surface area is 97.8 Å². The predicted octanol–water partition coefficient (Wildman–Crippen LogP) is 3.00. The van der Waals surface area contributed by atoms with Gasteiger partial charge >= 0.3 is 61.1 Å². The molecule has 0 unspecified atom stereocenters. The van der Waals surface area contributed by atoms with Crippen LogP contribution in [0.4, 0.5) is 0 Å². The van der Waals surface area contributed by atoms with Crippen LogP contribution in [-0.4, -0.2) is 0 Å². The molecule has 1 rings (SSSR count). The molecule has 0 saturated heterocycles. The van der Waals surface area contributed by atoms with Gasteiger partial charge in [-0.05, 0) is 0 Å². The molecule has 0 radical (unpaired) electrons. The van der Waals surface area contributed by atoms with Gasteiger partial charge in [-0.2, -0.15) is 0 Å². The molecule has 0 spiro atoms. The van der Waals surface area contributed by atoms with E-state index in [2.05, 4.69) is 44.7 Å². The molecule has 0 amide bonds. The van der Waals surface area contributed by atoms with Crippen LogP contribution in [0.25, 0.3) is 0 Å². The second-order valence-corrected chi connectivity index (χ2v) is 2.21. The second-order valence-electron chi connectivity index (χ2n) is 1.66. The minimum atomic E-state index is 0. The summed E-state index contributed by atoms with van der Waals surface area (Å²) < 4.78 is 1.14. The Morgan fingerprint density at radius 1 is 0.909 bits per heavy atom. The van der Waals surface area contributed by atoms with Gasteiger partial charge in [-0.3, -0.25) is 0 Å². The van der Waals surface area contributed by atoms with Gasteiger partial charge in [0.05, 0.1) is 0 Å². The molecule has 0 heterocycles. The van der Waals surface area contributed by atoms with Crippen molar-refractivity contribution < 1.29 is 20.4 Å². The zero-order valence-electron chi connectivity index (χ0n) is 5.82. The summed E-state index contributed by atoms with van der Waals surface area (Å²) in [6.07, 6.45) is 0. The van der Waals surface area contributed by atoms with Crippen molar-refractivity contribution in [3.8, 4) is 0 Å². The molecular formula is C7H10Cl3Ti. The summed E-state index contributed by atoms with van der Waals surface area (Å²) >= 11 is 2.16. The minimum absolute atomic E-state index is 0. The predicted molar refractivity (Wildman–Crippen MR) is 51.9 cm³/mol. The van der Waals surface area contributed by atoms with E-state index >= 15 is 0 Å². The molecule has 63 valence electrons. The van der Waals surface area contributed by atoms with E-state index in [-0.39, 0.29) is 37.2 Å². The zero-order chi connectivity index (χ0) is 5.82. The van der Waals surface area contributed by atoms with Gasteiger partial charge in [0.2, 0.25) is 0 Å². The van der Waals surface area contributed by atoms with Crippen LogP contribution in [0.3, 0.4) is 0 Å². The van der Waals surface area contributed by atoms with Crippen molar-refractivity contribution >= 4 is 37.2 Å². The molecule has 0 atom stereocenters. The molecule has 0 aliphatic carbocycles. The van der Waals surface area contributed by atoms with Gasteiger partial charge in [0, 0.05) is 0 Å². The van der Waals surface area contributed by atoms with Gasteiger partial charge in [0.25, 0.3) is 0 Å². The molecule has 0 nitrogen and oxygen atoms in total. The van der Waals surface area contributed by atoms with Gasteiger partial charge in [0.15, 0.2) is 0 Å². The Balaban J connectivity index is -0.000000213. The summed E-state index contributed by atoms with van der Waals surface area (Å²) in [7, 11) is 0. The van der Waals surface area contributed by atoms with E-state index in [1.54, 1.807) is 0 Å². The van der Waals surface area contributed by atoms with Crippen LogP contribution in [0, 0.1) is 0 Å². The summed E-state index contributed by atoms with van der Waals surface area (Å²) in [5, 5.41) is 0. The van der Waals surface area contributed by atoms with E-state index in [1.807, 2.05) is 6.07 Å². The molecule has 0 aromatic heterocycles. The Morgan fingerprint density at radius 3 is 1.64 bits per heavy atom. The quantitative estimate of drug-likeness (QED) is 0.670. The third kappa shape index (κ3) is 7.17. The number of benzene rings is 1. The maximum absolute atomic E-state index is 2.16. The molecule has 1 aromatic rings. The van der Waals surface area contributed by atoms with Crippen molar-refractivity contribution in [2.24, 2.45) is 0 Å². The van der Waals surface area contributed by atoms with E-state index in [9.17, 15) is 0 Å². The normalized spacial score (nSPS) is 6.45. The molecule has 11 heavy (non-hydrogen) atoms.